The number of nitrogens with zero attached hydrogens (tertiary/aromatic N) is 2. The van der Waals surface area contributed by atoms with E-state index in [1.807, 2.05) is 6.07 Å². The van der Waals surface area contributed by atoms with E-state index in [1.165, 1.54) is 18.5 Å². The summed E-state index contributed by atoms with van der Waals surface area (Å²) in [7, 11) is 0. The van der Waals surface area contributed by atoms with E-state index in [1.54, 1.807) is 30.3 Å². The Balaban J connectivity index is 1.71. The molecule has 2 aromatic carbocycles. The first kappa shape index (κ1) is 17.0. The first-order chi connectivity index (χ1) is 13.0. The van der Waals surface area contributed by atoms with Crippen LogP contribution in [0.4, 0.5) is 15.9 Å². The summed E-state index contributed by atoms with van der Waals surface area (Å²) in [5.74, 6) is -0.411. The second-order valence-corrected chi connectivity index (χ2v) is 6.27. The zero-order chi connectivity index (χ0) is 19.0. The lowest BCUT2D eigenvalue weighted by Crippen LogP contribution is -2.10. The number of halogens is 2. The van der Waals surface area contributed by atoms with Crippen LogP contribution in [0.15, 0.2) is 54.9 Å². The summed E-state index contributed by atoms with van der Waals surface area (Å²) in [6.45, 7) is 0. The number of hydrogen-bond donors (Lipinski definition) is 3. The predicted octanol–water partition coefficient (Wildman–Crippen LogP) is 4.26. The molecule has 1 amide bonds. The molecule has 2 heterocycles. The lowest BCUT2D eigenvalue weighted by atomic mass is 10.1. The van der Waals surface area contributed by atoms with Gasteiger partial charge in [-0.25, -0.2) is 14.4 Å². The normalized spacial score (nSPS) is 10.9. The third-order valence-corrected chi connectivity index (χ3v) is 4.38. The van der Waals surface area contributed by atoms with Gasteiger partial charge >= 0.3 is 0 Å². The number of nitrogens with one attached hydrogen (secondary N) is 2. The average molecular weight is 382 g/mol. The molecule has 4 aromatic rings. The fraction of sp³-hybridized carbons (Fsp3) is 0. The van der Waals surface area contributed by atoms with Crippen LogP contribution in [0, 0.1) is 5.82 Å². The van der Waals surface area contributed by atoms with Crippen molar-refractivity contribution in [3.05, 3.63) is 71.3 Å². The molecule has 27 heavy (non-hydrogen) atoms. The van der Waals surface area contributed by atoms with Crippen LogP contribution < -0.4 is 11.1 Å². The number of aromatic nitrogens is 3. The minimum Gasteiger partial charge on any atom is -0.366 e. The van der Waals surface area contributed by atoms with E-state index >= 15 is 0 Å². The molecular formula is C19H13ClFN5O. The van der Waals surface area contributed by atoms with Gasteiger partial charge in [-0.1, -0.05) is 23.7 Å². The molecule has 0 unspecified atom stereocenters. The highest BCUT2D eigenvalue weighted by atomic mass is 35.5. The van der Waals surface area contributed by atoms with Crippen molar-refractivity contribution in [2.24, 2.45) is 5.73 Å². The summed E-state index contributed by atoms with van der Waals surface area (Å²) < 4.78 is 13.3. The second-order valence-electron chi connectivity index (χ2n) is 5.86. The summed E-state index contributed by atoms with van der Waals surface area (Å²) in [5, 5.41) is 3.90. The first-order valence-corrected chi connectivity index (χ1v) is 8.35. The van der Waals surface area contributed by atoms with Crippen molar-refractivity contribution in [2.45, 2.75) is 0 Å². The maximum absolute atomic E-state index is 13.3. The van der Waals surface area contributed by atoms with Gasteiger partial charge in [0.15, 0.2) is 0 Å². The van der Waals surface area contributed by atoms with Crippen LogP contribution in [0.5, 0.6) is 0 Å². The fourth-order valence-corrected chi connectivity index (χ4v) is 2.90. The number of anilines is 2. The van der Waals surface area contributed by atoms with Gasteiger partial charge in [0, 0.05) is 16.9 Å². The Kier molecular flexibility index (Phi) is 4.21. The van der Waals surface area contributed by atoms with Crippen molar-refractivity contribution in [1.29, 1.82) is 0 Å². The summed E-state index contributed by atoms with van der Waals surface area (Å²) in [6, 6.07) is 13.2. The number of benzene rings is 2. The van der Waals surface area contributed by atoms with Crippen LogP contribution in [0.1, 0.15) is 10.4 Å². The molecule has 4 rings (SSSR count). The van der Waals surface area contributed by atoms with Gasteiger partial charge in [0.25, 0.3) is 0 Å². The average Bonchev–Trinajstić information content (AvgIpc) is 3.10. The summed E-state index contributed by atoms with van der Waals surface area (Å²) in [6.07, 6.45) is 1.42. The Hall–Kier alpha value is -3.45. The van der Waals surface area contributed by atoms with E-state index in [9.17, 15) is 9.18 Å². The van der Waals surface area contributed by atoms with Gasteiger partial charge in [-0.05, 0) is 42.0 Å². The molecule has 0 aliphatic heterocycles. The zero-order valence-corrected chi connectivity index (χ0v) is 14.6. The number of primary amides is 1. The molecule has 0 spiro atoms. The van der Waals surface area contributed by atoms with Gasteiger partial charge in [-0.3, -0.25) is 4.79 Å². The molecule has 0 atom stereocenters. The van der Waals surface area contributed by atoms with E-state index < -0.39 is 11.7 Å². The summed E-state index contributed by atoms with van der Waals surface area (Å²) in [5.41, 5.74) is 8.62. The quantitative estimate of drug-likeness (QED) is 0.492. The molecule has 0 bridgehead atoms. The predicted molar refractivity (Wildman–Crippen MR) is 103 cm³/mol. The van der Waals surface area contributed by atoms with E-state index in [0.717, 1.165) is 16.6 Å². The highest BCUT2D eigenvalue weighted by molar-refractivity contribution is 6.31. The first-order valence-electron chi connectivity index (χ1n) is 7.97. The Morgan fingerprint density at radius 2 is 1.89 bits per heavy atom. The zero-order valence-electron chi connectivity index (χ0n) is 13.8. The van der Waals surface area contributed by atoms with Crippen LogP contribution >= 0.6 is 11.6 Å². The Bertz CT molecular complexity index is 1160. The van der Waals surface area contributed by atoms with Gasteiger partial charge in [-0.15, -0.1) is 0 Å². The molecule has 0 fully saturated rings. The van der Waals surface area contributed by atoms with Crippen molar-refractivity contribution in [3.8, 4) is 11.3 Å². The molecule has 0 saturated carbocycles. The molecule has 0 saturated heterocycles. The third kappa shape index (κ3) is 3.32. The number of carbonyl (C=O) groups excluding carboxylic acids is 1. The van der Waals surface area contributed by atoms with Gasteiger partial charge in [0.05, 0.1) is 10.4 Å². The molecule has 0 aliphatic rings. The molecule has 4 N–H and O–H groups in total. The number of H-pyrrole nitrogens is 1. The van der Waals surface area contributed by atoms with E-state index in [4.69, 9.17) is 17.3 Å². The molecule has 0 radical (unpaired) electrons. The maximum atomic E-state index is 13.3. The van der Waals surface area contributed by atoms with Crippen molar-refractivity contribution < 1.29 is 9.18 Å². The van der Waals surface area contributed by atoms with Crippen LogP contribution in [-0.4, -0.2) is 20.9 Å². The number of rotatable bonds is 4. The van der Waals surface area contributed by atoms with E-state index in [0.29, 0.717) is 22.7 Å². The minimum absolute atomic E-state index is 0.0228. The largest absolute Gasteiger partial charge is 0.366 e. The number of nitrogens with two attached hydrogens (primary N) is 1. The van der Waals surface area contributed by atoms with Crippen LogP contribution in [0.25, 0.3) is 22.3 Å². The third-order valence-electron chi connectivity index (χ3n) is 4.09. The number of aromatic amines is 1. The smallest absolute Gasteiger partial charge is 0.248 e. The van der Waals surface area contributed by atoms with E-state index in [-0.39, 0.29) is 5.02 Å². The highest BCUT2D eigenvalue weighted by Crippen LogP contribution is 2.29. The van der Waals surface area contributed by atoms with Crippen molar-refractivity contribution >= 4 is 40.0 Å². The highest BCUT2D eigenvalue weighted by Gasteiger charge is 2.11. The van der Waals surface area contributed by atoms with Crippen molar-refractivity contribution in [3.63, 3.8) is 0 Å². The SMILES string of the molecule is NC(=O)c1ccc(-c2cc3c(Nc4ccc(F)c(Cl)c4)ncnc3[nH]2)cc1. The van der Waals surface area contributed by atoms with Crippen LogP contribution in [0.3, 0.4) is 0 Å². The lowest BCUT2D eigenvalue weighted by Gasteiger charge is -2.06. The Labute approximate surface area is 158 Å². The van der Waals surface area contributed by atoms with Crippen LogP contribution in [-0.2, 0) is 0 Å². The molecule has 134 valence electrons. The minimum atomic E-state index is -0.488. The molecule has 6 nitrogen and oxygen atoms in total. The Morgan fingerprint density at radius 1 is 1.11 bits per heavy atom. The molecule has 2 aromatic heterocycles. The number of carbonyl (C=O) groups is 1. The van der Waals surface area contributed by atoms with Gasteiger partial charge in [-0.2, -0.15) is 0 Å². The van der Waals surface area contributed by atoms with Crippen molar-refractivity contribution in [1.82, 2.24) is 15.0 Å². The Morgan fingerprint density at radius 3 is 2.59 bits per heavy atom. The fourth-order valence-electron chi connectivity index (χ4n) is 2.72. The van der Waals surface area contributed by atoms with Gasteiger partial charge in [0.1, 0.15) is 23.6 Å². The standard InChI is InChI=1S/C19H13ClFN5O/c20-14-7-12(5-6-15(14)21)25-18-13-8-16(26-19(13)24-9-23-18)10-1-3-11(4-2-10)17(22)27/h1-9H,(H2,22,27)(H2,23,24,25,26). The maximum Gasteiger partial charge on any atom is 0.248 e. The molecule has 8 heteroatoms. The van der Waals surface area contributed by atoms with E-state index in [2.05, 4.69) is 20.3 Å². The molecule has 0 aliphatic carbocycles. The lowest BCUT2D eigenvalue weighted by molar-refractivity contribution is 0.100. The topological polar surface area (TPSA) is 96.7 Å². The monoisotopic (exact) mass is 381 g/mol. The van der Waals surface area contributed by atoms with Crippen LogP contribution in [0.2, 0.25) is 5.02 Å². The number of hydrogen-bond acceptors (Lipinski definition) is 4. The second kappa shape index (κ2) is 6.69. The summed E-state index contributed by atoms with van der Waals surface area (Å²) in [4.78, 5) is 22.9. The number of fused-ring (bicyclic) bond motifs is 1. The van der Waals surface area contributed by atoms with Crippen molar-refractivity contribution in [2.75, 3.05) is 5.32 Å². The van der Waals surface area contributed by atoms with Gasteiger partial charge in [0.2, 0.25) is 5.91 Å². The summed E-state index contributed by atoms with van der Waals surface area (Å²) >= 11 is 5.83. The number of amides is 1. The molecular weight excluding hydrogens is 369 g/mol. The van der Waals surface area contributed by atoms with Gasteiger partial charge < -0.3 is 16.0 Å².